The summed E-state index contributed by atoms with van der Waals surface area (Å²) in [6, 6.07) is 0. The maximum atomic E-state index is 10.6. The van der Waals surface area contributed by atoms with Crippen molar-refractivity contribution < 1.29 is 18.4 Å². The Labute approximate surface area is 66.1 Å². The first-order valence-electron chi connectivity index (χ1n) is 3.15. The lowest BCUT2D eigenvalue weighted by Crippen LogP contribution is -1.93. The molecule has 0 rings (SSSR count). The fraction of sp³-hybridized carbons (Fsp3) is 0.500. The second kappa shape index (κ2) is 6.01. The fourth-order valence-electron chi connectivity index (χ4n) is 0.372. The molecule has 1 atom stereocenters. The Balaban J connectivity index is 3.66. The molecule has 1 unspecified atom stereocenters. The number of hydrogen-bond donors (Lipinski definition) is 0. The predicted molar refractivity (Wildman–Crippen MR) is 40.1 cm³/mol. The molecule has 0 aliphatic heterocycles. The van der Waals surface area contributed by atoms with Gasteiger partial charge in [0, 0.05) is 10.6 Å². The molecular formula is C6H10O4P+. The Morgan fingerprint density at radius 3 is 2.73 bits per heavy atom. The van der Waals surface area contributed by atoms with E-state index in [1.54, 1.807) is 13.8 Å². The molecular weight excluding hydrogens is 167 g/mol. The molecule has 0 aromatic rings. The van der Waals surface area contributed by atoms with Crippen molar-refractivity contribution in [2.45, 2.75) is 13.8 Å². The van der Waals surface area contributed by atoms with E-state index in [4.69, 9.17) is 0 Å². The second-order valence-corrected chi connectivity index (χ2v) is 2.44. The van der Waals surface area contributed by atoms with Crippen LogP contribution in [0.3, 0.4) is 0 Å². The minimum atomic E-state index is -2.28. The minimum absolute atomic E-state index is 0.262. The van der Waals surface area contributed by atoms with E-state index in [0.29, 0.717) is 0 Å². The van der Waals surface area contributed by atoms with Crippen molar-refractivity contribution in [3.8, 4) is 0 Å². The van der Waals surface area contributed by atoms with Crippen molar-refractivity contribution in [2.75, 3.05) is 6.61 Å². The van der Waals surface area contributed by atoms with Crippen LogP contribution in [0.2, 0.25) is 0 Å². The molecule has 0 aromatic carbocycles. The number of allylic oxidation sites excluding steroid dienone is 1. The van der Waals surface area contributed by atoms with Crippen LogP contribution in [0.1, 0.15) is 13.8 Å². The lowest BCUT2D eigenvalue weighted by molar-refractivity contribution is -0.129. The zero-order valence-corrected chi connectivity index (χ0v) is 7.34. The predicted octanol–water partition coefficient (Wildman–Crippen LogP) is 1.80. The van der Waals surface area contributed by atoms with Crippen molar-refractivity contribution in [1.82, 2.24) is 0 Å². The topological polar surface area (TPSA) is 52.6 Å². The molecule has 0 saturated carbocycles. The molecule has 5 heteroatoms. The number of hydrogen-bond acceptors (Lipinski definition) is 4. The molecule has 11 heavy (non-hydrogen) atoms. The van der Waals surface area contributed by atoms with Crippen LogP contribution >= 0.6 is 8.25 Å². The number of carbonyl (C=O) groups excluding carboxylic acids is 1. The molecule has 0 saturated heterocycles. The van der Waals surface area contributed by atoms with Gasteiger partial charge >= 0.3 is 14.2 Å². The second-order valence-electron chi connectivity index (χ2n) is 1.55. The van der Waals surface area contributed by atoms with Gasteiger partial charge in [-0.05, 0) is 13.8 Å². The average molecular weight is 177 g/mol. The molecule has 0 aromatic heterocycles. The Bertz CT molecular complexity index is 175. The SMILES string of the molecule is CC=CC(=O)O[P+](=O)OCC. The zero-order chi connectivity index (χ0) is 8.69. The molecule has 0 spiro atoms. The Morgan fingerprint density at radius 2 is 2.27 bits per heavy atom. The normalized spacial score (nSPS) is 11.6. The van der Waals surface area contributed by atoms with Crippen LogP contribution in [0.15, 0.2) is 12.2 Å². The maximum absolute atomic E-state index is 10.6. The van der Waals surface area contributed by atoms with Gasteiger partial charge in [0.25, 0.3) is 0 Å². The van der Waals surface area contributed by atoms with E-state index in [1.807, 2.05) is 0 Å². The van der Waals surface area contributed by atoms with Gasteiger partial charge in [-0.1, -0.05) is 6.08 Å². The summed E-state index contributed by atoms with van der Waals surface area (Å²) in [5, 5.41) is 0. The fourth-order valence-corrected chi connectivity index (χ4v) is 0.843. The van der Waals surface area contributed by atoms with Crippen LogP contribution < -0.4 is 0 Å². The molecule has 0 amide bonds. The minimum Gasteiger partial charge on any atom is -0.241 e. The summed E-state index contributed by atoms with van der Waals surface area (Å²) in [6.45, 7) is 3.59. The molecule has 4 nitrogen and oxygen atoms in total. The van der Waals surface area contributed by atoms with Gasteiger partial charge in [-0.3, -0.25) is 0 Å². The van der Waals surface area contributed by atoms with E-state index in [-0.39, 0.29) is 6.61 Å². The summed E-state index contributed by atoms with van der Waals surface area (Å²) in [5.74, 6) is -0.651. The van der Waals surface area contributed by atoms with Gasteiger partial charge in [-0.2, -0.15) is 4.52 Å². The Kier molecular flexibility index (Phi) is 5.61. The van der Waals surface area contributed by atoms with Gasteiger partial charge in [0.1, 0.15) is 6.61 Å². The van der Waals surface area contributed by atoms with Crippen LogP contribution in [0.4, 0.5) is 0 Å². The number of carbonyl (C=O) groups is 1. The van der Waals surface area contributed by atoms with Crippen molar-refractivity contribution in [3.63, 3.8) is 0 Å². The van der Waals surface area contributed by atoms with E-state index in [2.05, 4.69) is 9.05 Å². The molecule has 0 aliphatic carbocycles. The quantitative estimate of drug-likeness (QED) is 0.485. The van der Waals surface area contributed by atoms with Gasteiger partial charge in [-0.15, -0.1) is 4.52 Å². The van der Waals surface area contributed by atoms with Crippen LogP contribution in [0.25, 0.3) is 0 Å². The van der Waals surface area contributed by atoms with E-state index in [1.165, 1.54) is 12.2 Å². The van der Waals surface area contributed by atoms with Gasteiger partial charge in [0.2, 0.25) is 0 Å². The van der Waals surface area contributed by atoms with E-state index >= 15 is 0 Å². The molecule has 0 N–H and O–H groups in total. The van der Waals surface area contributed by atoms with Gasteiger partial charge in [0.15, 0.2) is 0 Å². The highest BCUT2D eigenvalue weighted by Crippen LogP contribution is 2.23. The third-order valence-electron chi connectivity index (χ3n) is 0.702. The number of rotatable bonds is 4. The molecule has 0 radical (unpaired) electrons. The summed E-state index contributed by atoms with van der Waals surface area (Å²) in [6.07, 6.45) is 2.67. The van der Waals surface area contributed by atoms with E-state index in [0.717, 1.165) is 0 Å². The molecule has 62 valence electrons. The van der Waals surface area contributed by atoms with Crippen LogP contribution in [0, 0.1) is 0 Å². The lowest BCUT2D eigenvalue weighted by atomic mass is 10.5. The summed E-state index contributed by atoms with van der Waals surface area (Å²) in [7, 11) is -2.28. The van der Waals surface area contributed by atoms with Crippen LogP contribution in [0.5, 0.6) is 0 Å². The lowest BCUT2D eigenvalue weighted by Gasteiger charge is -1.82. The largest absolute Gasteiger partial charge is 0.753 e. The highest BCUT2D eigenvalue weighted by molar-refractivity contribution is 7.34. The van der Waals surface area contributed by atoms with Crippen molar-refractivity contribution in [2.24, 2.45) is 0 Å². The smallest absolute Gasteiger partial charge is 0.241 e. The van der Waals surface area contributed by atoms with Crippen LogP contribution in [-0.2, 0) is 18.4 Å². The van der Waals surface area contributed by atoms with Crippen molar-refractivity contribution in [1.29, 1.82) is 0 Å². The Hall–Kier alpha value is -0.730. The van der Waals surface area contributed by atoms with Crippen molar-refractivity contribution >= 4 is 14.2 Å². The molecule has 0 bridgehead atoms. The van der Waals surface area contributed by atoms with E-state index in [9.17, 15) is 9.36 Å². The first-order valence-corrected chi connectivity index (χ1v) is 4.25. The first kappa shape index (κ1) is 10.3. The monoisotopic (exact) mass is 177 g/mol. The van der Waals surface area contributed by atoms with Gasteiger partial charge < -0.3 is 0 Å². The van der Waals surface area contributed by atoms with Crippen LogP contribution in [-0.4, -0.2) is 12.6 Å². The average Bonchev–Trinajstić information content (AvgIpc) is 1.87. The summed E-state index contributed by atoms with van der Waals surface area (Å²) in [4.78, 5) is 10.6. The van der Waals surface area contributed by atoms with Gasteiger partial charge in [0.05, 0.1) is 0 Å². The molecule has 0 aliphatic rings. The molecule has 0 heterocycles. The van der Waals surface area contributed by atoms with Gasteiger partial charge in [-0.25, -0.2) is 4.79 Å². The Morgan fingerprint density at radius 1 is 1.64 bits per heavy atom. The molecule has 0 fully saturated rings. The third-order valence-corrected chi connectivity index (χ3v) is 1.50. The standard InChI is InChI=1S/C6H10O4P/c1-3-5-6(7)10-11(8)9-4-2/h3,5H,4H2,1-2H3/q+1. The highest BCUT2D eigenvalue weighted by atomic mass is 31.1. The zero-order valence-electron chi connectivity index (χ0n) is 6.44. The third kappa shape index (κ3) is 5.70. The maximum Gasteiger partial charge on any atom is 0.753 e. The van der Waals surface area contributed by atoms with E-state index < -0.39 is 14.2 Å². The first-order chi connectivity index (χ1) is 5.20. The summed E-state index contributed by atoms with van der Waals surface area (Å²) in [5.41, 5.74) is 0. The summed E-state index contributed by atoms with van der Waals surface area (Å²) >= 11 is 0. The highest BCUT2D eigenvalue weighted by Gasteiger charge is 2.23. The summed E-state index contributed by atoms with van der Waals surface area (Å²) < 4.78 is 19.4. The van der Waals surface area contributed by atoms with Crippen molar-refractivity contribution in [3.05, 3.63) is 12.2 Å².